The molecule has 1 amide bonds. The van der Waals surface area contributed by atoms with Crippen LogP contribution in [0.5, 0.6) is 0 Å². The third-order valence-corrected chi connectivity index (χ3v) is 6.13. The summed E-state index contributed by atoms with van der Waals surface area (Å²) >= 11 is 0. The summed E-state index contributed by atoms with van der Waals surface area (Å²) < 4.78 is 0. The summed E-state index contributed by atoms with van der Waals surface area (Å²) in [7, 11) is 0. The smallest absolute Gasteiger partial charge is 0.236 e. The molecular formula is C19H24N2O2. The Morgan fingerprint density at radius 3 is 3.04 bits per heavy atom. The first-order valence-electron chi connectivity index (χ1n) is 8.61. The summed E-state index contributed by atoms with van der Waals surface area (Å²) in [6, 6.07) is 8.39. The van der Waals surface area contributed by atoms with Crippen LogP contribution in [0, 0.1) is 5.92 Å². The van der Waals surface area contributed by atoms with Crippen LogP contribution in [0.1, 0.15) is 31.7 Å². The number of hydrogen-bond donors (Lipinski definition) is 2. The summed E-state index contributed by atoms with van der Waals surface area (Å²) in [5.41, 5.74) is 3.17. The van der Waals surface area contributed by atoms with Gasteiger partial charge in [0, 0.05) is 31.4 Å². The van der Waals surface area contributed by atoms with Gasteiger partial charge in [0.1, 0.15) is 0 Å². The molecule has 3 aliphatic rings. The quantitative estimate of drug-likeness (QED) is 0.824. The molecule has 1 aromatic rings. The van der Waals surface area contributed by atoms with Crippen molar-refractivity contribution in [3.05, 3.63) is 41.5 Å². The van der Waals surface area contributed by atoms with Crippen LogP contribution < -0.4 is 5.32 Å². The summed E-state index contributed by atoms with van der Waals surface area (Å²) in [5, 5.41) is 12.5. The van der Waals surface area contributed by atoms with Crippen molar-refractivity contribution in [1.29, 1.82) is 0 Å². The second kappa shape index (κ2) is 5.46. The van der Waals surface area contributed by atoms with Gasteiger partial charge in [0.05, 0.1) is 5.41 Å². The lowest BCUT2D eigenvalue weighted by molar-refractivity contribution is -0.122. The van der Waals surface area contributed by atoms with Crippen LogP contribution in [0.2, 0.25) is 0 Å². The van der Waals surface area contributed by atoms with Gasteiger partial charge in [-0.25, -0.2) is 0 Å². The highest BCUT2D eigenvalue weighted by atomic mass is 16.3. The Kier molecular flexibility index (Phi) is 3.54. The highest BCUT2D eigenvalue weighted by Gasteiger charge is 2.58. The Balaban J connectivity index is 1.74. The van der Waals surface area contributed by atoms with Gasteiger partial charge in [-0.3, -0.25) is 9.69 Å². The predicted octanol–water partition coefficient (Wildman–Crippen LogP) is 2.30. The number of aliphatic hydroxyl groups is 1. The molecule has 0 bridgehead atoms. The van der Waals surface area contributed by atoms with Crippen LogP contribution in [0.4, 0.5) is 5.69 Å². The molecule has 4 nitrogen and oxygen atoms in total. The number of allylic oxidation sites excluding steroid dienone is 1. The number of carbonyl (C=O) groups is 1. The summed E-state index contributed by atoms with van der Waals surface area (Å²) in [6.45, 7) is 4.20. The van der Waals surface area contributed by atoms with E-state index < -0.39 is 5.41 Å². The van der Waals surface area contributed by atoms with E-state index in [9.17, 15) is 9.90 Å². The van der Waals surface area contributed by atoms with Crippen LogP contribution in [0.25, 0.3) is 0 Å². The number of carbonyl (C=O) groups excluding carboxylic acids is 1. The normalized spacial score (nSPS) is 34.7. The molecule has 4 rings (SSSR count). The van der Waals surface area contributed by atoms with Gasteiger partial charge in [-0.1, -0.05) is 29.8 Å². The molecule has 1 aromatic carbocycles. The van der Waals surface area contributed by atoms with Crippen molar-refractivity contribution < 1.29 is 9.90 Å². The number of anilines is 1. The zero-order valence-corrected chi connectivity index (χ0v) is 13.6. The van der Waals surface area contributed by atoms with Crippen molar-refractivity contribution in [2.45, 2.75) is 37.6 Å². The Morgan fingerprint density at radius 1 is 1.43 bits per heavy atom. The van der Waals surface area contributed by atoms with Crippen molar-refractivity contribution in [1.82, 2.24) is 4.90 Å². The molecule has 0 aromatic heterocycles. The van der Waals surface area contributed by atoms with Gasteiger partial charge >= 0.3 is 0 Å². The van der Waals surface area contributed by atoms with Crippen molar-refractivity contribution >= 4 is 11.6 Å². The van der Waals surface area contributed by atoms with Gasteiger partial charge in [-0.15, -0.1) is 0 Å². The Morgan fingerprint density at radius 2 is 2.26 bits per heavy atom. The first kappa shape index (κ1) is 14.9. The predicted molar refractivity (Wildman–Crippen MR) is 90.3 cm³/mol. The summed E-state index contributed by atoms with van der Waals surface area (Å²) in [6.07, 6.45) is 4.85. The highest BCUT2D eigenvalue weighted by Crippen LogP contribution is 2.52. The van der Waals surface area contributed by atoms with Crippen LogP contribution in [0.3, 0.4) is 0 Å². The number of nitrogens with zero attached hydrogens (tertiary/aromatic N) is 1. The fourth-order valence-electron chi connectivity index (χ4n) is 4.98. The largest absolute Gasteiger partial charge is 0.396 e. The average molecular weight is 312 g/mol. The maximum atomic E-state index is 12.9. The molecule has 2 N–H and O–H groups in total. The number of piperidine rings is 1. The maximum Gasteiger partial charge on any atom is 0.236 e. The minimum atomic E-state index is -0.399. The zero-order valence-electron chi connectivity index (χ0n) is 13.6. The van der Waals surface area contributed by atoms with E-state index in [0.717, 1.165) is 38.0 Å². The van der Waals surface area contributed by atoms with Crippen LogP contribution >= 0.6 is 0 Å². The third-order valence-electron chi connectivity index (χ3n) is 6.13. The Hall–Kier alpha value is -1.65. The molecule has 122 valence electrons. The van der Waals surface area contributed by atoms with Crippen LogP contribution in [0.15, 0.2) is 35.9 Å². The molecule has 2 fully saturated rings. The molecule has 0 saturated carbocycles. The molecule has 23 heavy (non-hydrogen) atoms. The highest BCUT2D eigenvalue weighted by molar-refractivity contribution is 6.07. The number of amides is 1. The molecular weight excluding hydrogens is 288 g/mol. The van der Waals surface area contributed by atoms with E-state index in [1.54, 1.807) is 0 Å². The van der Waals surface area contributed by atoms with Crippen LogP contribution in [-0.2, 0) is 10.2 Å². The molecule has 0 unspecified atom stereocenters. The van der Waals surface area contributed by atoms with E-state index in [-0.39, 0.29) is 18.6 Å². The third kappa shape index (κ3) is 2.01. The van der Waals surface area contributed by atoms with Gasteiger partial charge in [-0.2, -0.15) is 0 Å². The Labute approximate surface area is 137 Å². The number of benzene rings is 1. The number of hydrogen-bond acceptors (Lipinski definition) is 3. The lowest BCUT2D eigenvalue weighted by Gasteiger charge is -2.42. The second-order valence-electron chi connectivity index (χ2n) is 7.02. The topological polar surface area (TPSA) is 52.6 Å². The molecule has 3 aliphatic heterocycles. The number of aliphatic hydroxyl groups excluding tert-OH is 1. The molecule has 3 heterocycles. The van der Waals surface area contributed by atoms with E-state index in [2.05, 4.69) is 29.3 Å². The number of nitrogens with one attached hydrogen (secondary N) is 1. The average Bonchev–Trinajstić information content (AvgIpc) is 3.07. The van der Waals surface area contributed by atoms with Crippen molar-refractivity contribution in [2.24, 2.45) is 5.92 Å². The fourth-order valence-corrected chi connectivity index (χ4v) is 4.98. The minimum absolute atomic E-state index is 0.165. The van der Waals surface area contributed by atoms with E-state index >= 15 is 0 Å². The Bertz CT molecular complexity index is 669. The monoisotopic (exact) mass is 312 g/mol. The molecule has 0 radical (unpaired) electrons. The van der Waals surface area contributed by atoms with E-state index in [1.807, 2.05) is 18.2 Å². The minimum Gasteiger partial charge on any atom is -0.396 e. The zero-order chi connectivity index (χ0) is 16.0. The van der Waals surface area contributed by atoms with Gasteiger partial charge in [0.2, 0.25) is 5.91 Å². The van der Waals surface area contributed by atoms with Gasteiger partial charge in [0.25, 0.3) is 0 Å². The maximum absolute atomic E-state index is 12.9. The summed E-state index contributed by atoms with van der Waals surface area (Å²) in [5.74, 6) is 0.555. The number of rotatable bonds is 2. The van der Waals surface area contributed by atoms with Gasteiger partial charge < -0.3 is 10.4 Å². The second-order valence-corrected chi connectivity index (χ2v) is 7.02. The van der Waals surface area contributed by atoms with Crippen LogP contribution in [-0.4, -0.2) is 41.7 Å². The molecule has 2 saturated heterocycles. The summed E-state index contributed by atoms with van der Waals surface area (Å²) in [4.78, 5) is 15.4. The molecule has 0 aliphatic carbocycles. The van der Waals surface area contributed by atoms with E-state index in [4.69, 9.17) is 0 Å². The fraction of sp³-hybridized carbons (Fsp3) is 0.526. The molecule has 1 spiro atoms. The number of para-hydroxylation sites is 1. The lowest BCUT2D eigenvalue weighted by atomic mass is 9.70. The van der Waals surface area contributed by atoms with Crippen molar-refractivity contribution in [3.63, 3.8) is 0 Å². The van der Waals surface area contributed by atoms with Crippen molar-refractivity contribution in [2.75, 3.05) is 25.0 Å². The number of fused-ring (bicyclic) bond motifs is 4. The first-order chi connectivity index (χ1) is 11.2. The van der Waals surface area contributed by atoms with Gasteiger partial charge in [-0.05, 0) is 43.7 Å². The standard InChI is InChI=1S/C19H24N2O2/c1-2-13-12-21-9-8-19(17(21)11-14(13)7-10-22)15-5-3-4-6-16(15)20-18(19)23/h2-6,14,17,22H,7-12H2,1H3,(H,20,23)/b13-2-/t14-,17-,19-/m0/s1. The lowest BCUT2D eigenvalue weighted by Crippen LogP contribution is -2.51. The van der Waals surface area contributed by atoms with E-state index in [1.165, 1.54) is 11.1 Å². The molecule has 4 heteroatoms. The first-order valence-corrected chi connectivity index (χ1v) is 8.61. The molecule has 3 atom stereocenters. The van der Waals surface area contributed by atoms with Gasteiger partial charge in [0.15, 0.2) is 0 Å². The van der Waals surface area contributed by atoms with Crippen molar-refractivity contribution in [3.8, 4) is 0 Å². The van der Waals surface area contributed by atoms with E-state index in [0.29, 0.717) is 5.92 Å². The SMILES string of the molecule is C/C=C1/CN2CC[C@@]3(C(=O)Nc4ccccc43)[C@@H]2C[C@@H]1CCO.